The fourth-order valence-corrected chi connectivity index (χ4v) is 5.09. The highest BCUT2D eigenvalue weighted by Gasteiger charge is 2.40. The van der Waals surface area contributed by atoms with Crippen LogP contribution < -0.4 is 0 Å². The van der Waals surface area contributed by atoms with Crippen LogP contribution in [-0.4, -0.2) is 50.9 Å². The van der Waals surface area contributed by atoms with E-state index in [1.54, 1.807) is 40.6 Å². The number of amides is 3. The number of rotatable bonds is 12. The molecule has 1 saturated heterocycles. The molecule has 0 atom stereocenters. The molecule has 3 amide bonds. The van der Waals surface area contributed by atoms with Crippen molar-refractivity contribution in [2.24, 2.45) is 0 Å². The van der Waals surface area contributed by atoms with E-state index in [1.807, 2.05) is 36.6 Å². The first-order valence-corrected chi connectivity index (χ1v) is 13.9. The number of methoxy groups -OCH3 is 1. The smallest absolute Gasteiger partial charge is 0.337 e. The van der Waals surface area contributed by atoms with Crippen molar-refractivity contribution >= 4 is 47.7 Å². The number of carbonyl (C=O) groups is 3. The number of urea groups is 1. The lowest BCUT2D eigenvalue weighted by molar-refractivity contribution is -0.123. The van der Waals surface area contributed by atoms with Crippen LogP contribution in [0.15, 0.2) is 53.7 Å². The lowest BCUT2D eigenvalue weighted by atomic mass is 10.1. The van der Waals surface area contributed by atoms with E-state index in [1.165, 1.54) is 12.0 Å². The highest BCUT2D eigenvalue weighted by Crippen LogP contribution is 2.28. The van der Waals surface area contributed by atoms with E-state index in [-0.39, 0.29) is 30.3 Å². The maximum Gasteiger partial charge on any atom is 0.337 e. The van der Waals surface area contributed by atoms with E-state index in [0.717, 1.165) is 54.1 Å². The number of benzene rings is 1. The molecule has 1 aliphatic heterocycles. The van der Waals surface area contributed by atoms with Crippen LogP contribution in [0.2, 0.25) is 0 Å². The maximum atomic E-state index is 13.5. The summed E-state index contributed by atoms with van der Waals surface area (Å²) in [7, 11) is 1.36. The van der Waals surface area contributed by atoms with E-state index >= 15 is 0 Å². The quantitative estimate of drug-likeness (QED) is 0.148. The molecule has 208 valence electrons. The molecule has 1 aromatic carbocycles. The van der Waals surface area contributed by atoms with Crippen LogP contribution in [0, 0.1) is 0 Å². The molecule has 10 heteroatoms. The number of esters is 1. The Labute approximate surface area is 239 Å². The van der Waals surface area contributed by atoms with Crippen molar-refractivity contribution < 1.29 is 19.1 Å². The molecule has 0 spiro atoms. The second-order valence-corrected chi connectivity index (χ2v) is 10.3. The summed E-state index contributed by atoms with van der Waals surface area (Å²) in [5.41, 5.74) is 2.60. The predicted octanol–water partition coefficient (Wildman–Crippen LogP) is 6.15. The Hall–Kier alpha value is -3.43. The number of aromatic nitrogens is 2. The molecule has 0 radical (unpaired) electrons. The molecule has 0 saturated carbocycles. The first kappa shape index (κ1) is 30.1. The second kappa shape index (κ2) is 14.1. The number of imide groups is 1. The van der Waals surface area contributed by atoms with Gasteiger partial charge in [-0.2, -0.15) is 0 Å². The minimum atomic E-state index is -0.379. The molecule has 0 aliphatic carbocycles. The monoisotopic (exact) mass is 570 g/mol. The molecule has 3 heterocycles. The minimum absolute atomic E-state index is 0. The van der Waals surface area contributed by atoms with Gasteiger partial charge in [-0.25, -0.2) is 14.6 Å². The number of thiophene rings is 1. The number of aryl methyl sites for hydroxylation is 1. The van der Waals surface area contributed by atoms with Gasteiger partial charge >= 0.3 is 12.0 Å². The van der Waals surface area contributed by atoms with Gasteiger partial charge in [-0.1, -0.05) is 44.9 Å². The van der Waals surface area contributed by atoms with Crippen molar-refractivity contribution in [1.29, 1.82) is 0 Å². The Balaban J connectivity index is 0.00000420. The largest absolute Gasteiger partial charge is 0.465 e. The zero-order chi connectivity index (χ0) is 27.1. The molecule has 0 N–H and O–H groups in total. The Morgan fingerprint density at radius 1 is 1.03 bits per heavy atom. The molecular weight excluding hydrogens is 536 g/mol. The summed E-state index contributed by atoms with van der Waals surface area (Å²) in [5.74, 6) is 0.265. The van der Waals surface area contributed by atoms with Gasteiger partial charge in [-0.05, 0) is 48.1 Å². The first-order valence-electron chi connectivity index (χ1n) is 13.1. The van der Waals surface area contributed by atoms with Crippen LogP contribution in [0.1, 0.15) is 71.8 Å². The summed E-state index contributed by atoms with van der Waals surface area (Å²) in [6, 6.07) is 10.9. The molecular formula is C29H35ClN4O4S. The molecule has 8 nitrogen and oxygen atoms in total. The predicted molar refractivity (Wildman–Crippen MR) is 155 cm³/mol. The number of imidazole rings is 1. The number of ether oxygens (including phenoxy) is 1. The van der Waals surface area contributed by atoms with E-state index in [0.29, 0.717) is 30.9 Å². The lowest BCUT2D eigenvalue weighted by Crippen LogP contribution is -2.33. The number of unbranched alkanes of at least 4 members (excludes halogenated alkanes) is 2. The number of hydrogen-bond acceptors (Lipinski definition) is 6. The normalized spacial score (nSPS) is 14.3. The fraction of sp³-hybridized carbons (Fsp3) is 0.379. The van der Waals surface area contributed by atoms with E-state index < -0.39 is 0 Å². The SMILES string of the molecule is CCCCc1ncc(/C=C2\C(=O)N(CCCC)C(=O)N2Cc2cccs2)n1Cc1ccc(C(=O)OC)cc1.Cl. The summed E-state index contributed by atoms with van der Waals surface area (Å²) in [6.45, 7) is 5.45. The lowest BCUT2D eigenvalue weighted by Gasteiger charge is -2.16. The summed E-state index contributed by atoms with van der Waals surface area (Å²) in [4.78, 5) is 47.3. The summed E-state index contributed by atoms with van der Waals surface area (Å²) in [5, 5.41) is 1.97. The molecule has 0 bridgehead atoms. The molecule has 4 rings (SSSR count). The van der Waals surface area contributed by atoms with Crippen molar-refractivity contribution in [3.63, 3.8) is 0 Å². The average Bonchev–Trinajstić information content (AvgIpc) is 3.63. The van der Waals surface area contributed by atoms with E-state index in [2.05, 4.69) is 16.5 Å². The number of hydrogen-bond donors (Lipinski definition) is 0. The van der Waals surface area contributed by atoms with Crippen LogP contribution in [0.25, 0.3) is 6.08 Å². The van der Waals surface area contributed by atoms with Crippen molar-refractivity contribution in [3.05, 3.63) is 81.2 Å². The standard InChI is InChI=1S/C29H34N4O4S.ClH/c1-4-6-10-26-30-18-23(32(26)19-21-11-13-22(14-12-21)28(35)37-3)17-25-27(34)31(15-7-5-2)29(36)33(25)20-24-9-8-16-38-24;/h8-9,11-14,16-18H,4-7,10,15,19-20H2,1-3H3;1H/b25-17+;. The van der Waals surface area contributed by atoms with Crippen LogP contribution in [0.5, 0.6) is 0 Å². The molecule has 1 aliphatic rings. The Morgan fingerprint density at radius 2 is 1.77 bits per heavy atom. The van der Waals surface area contributed by atoms with Crippen LogP contribution >= 0.6 is 23.7 Å². The maximum absolute atomic E-state index is 13.5. The number of carbonyl (C=O) groups excluding carboxylic acids is 3. The van der Waals surface area contributed by atoms with E-state index in [9.17, 15) is 14.4 Å². The summed E-state index contributed by atoms with van der Waals surface area (Å²) < 4.78 is 6.90. The zero-order valence-electron chi connectivity index (χ0n) is 22.6. The molecule has 2 aromatic heterocycles. The van der Waals surface area contributed by atoms with Crippen molar-refractivity contribution in [2.75, 3.05) is 13.7 Å². The van der Waals surface area contributed by atoms with Gasteiger partial charge in [0.15, 0.2) is 0 Å². The Morgan fingerprint density at radius 3 is 2.41 bits per heavy atom. The summed E-state index contributed by atoms with van der Waals surface area (Å²) >= 11 is 1.56. The number of nitrogens with zero attached hydrogens (tertiary/aromatic N) is 4. The molecule has 1 fully saturated rings. The third-order valence-electron chi connectivity index (χ3n) is 6.57. The second-order valence-electron chi connectivity index (χ2n) is 9.27. The minimum Gasteiger partial charge on any atom is -0.465 e. The highest BCUT2D eigenvalue weighted by molar-refractivity contribution is 7.09. The van der Waals surface area contributed by atoms with Gasteiger partial charge in [0, 0.05) is 24.4 Å². The summed E-state index contributed by atoms with van der Waals surface area (Å²) in [6.07, 6.45) is 8.05. The molecule has 39 heavy (non-hydrogen) atoms. The van der Waals surface area contributed by atoms with Gasteiger partial charge < -0.3 is 9.30 Å². The van der Waals surface area contributed by atoms with E-state index in [4.69, 9.17) is 4.74 Å². The van der Waals surface area contributed by atoms with Gasteiger partial charge in [0.2, 0.25) is 0 Å². The van der Waals surface area contributed by atoms with Crippen molar-refractivity contribution in [2.45, 2.75) is 59.0 Å². The Bertz CT molecular complexity index is 1300. The third-order valence-corrected chi connectivity index (χ3v) is 7.43. The molecule has 0 unspecified atom stereocenters. The van der Waals surface area contributed by atoms with Gasteiger partial charge in [0.25, 0.3) is 5.91 Å². The van der Waals surface area contributed by atoms with Crippen molar-refractivity contribution in [3.8, 4) is 0 Å². The highest BCUT2D eigenvalue weighted by atomic mass is 35.5. The van der Waals surface area contributed by atoms with Crippen LogP contribution in [0.3, 0.4) is 0 Å². The zero-order valence-corrected chi connectivity index (χ0v) is 24.2. The van der Waals surface area contributed by atoms with Crippen LogP contribution in [0.4, 0.5) is 4.79 Å². The van der Waals surface area contributed by atoms with Crippen molar-refractivity contribution in [1.82, 2.24) is 19.4 Å². The Kier molecular flexibility index (Phi) is 10.9. The number of halogens is 1. The average molecular weight is 571 g/mol. The topological polar surface area (TPSA) is 84.7 Å². The fourth-order valence-electron chi connectivity index (χ4n) is 4.40. The van der Waals surface area contributed by atoms with Gasteiger partial charge in [-0.3, -0.25) is 14.6 Å². The molecule has 3 aromatic rings. The van der Waals surface area contributed by atoms with Gasteiger partial charge in [0.05, 0.1) is 31.1 Å². The third kappa shape index (κ3) is 6.96. The van der Waals surface area contributed by atoms with Crippen LogP contribution in [-0.2, 0) is 29.0 Å². The van der Waals surface area contributed by atoms with Gasteiger partial charge in [0.1, 0.15) is 11.5 Å². The van der Waals surface area contributed by atoms with Gasteiger partial charge in [-0.15, -0.1) is 23.7 Å². The first-order chi connectivity index (χ1) is 18.5.